The smallest absolute Gasteiger partial charge is 0.268 e. The molecule has 1 rings (SSSR count). The van der Waals surface area contributed by atoms with Crippen LogP contribution in [0.4, 0.5) is 0 Å². The van der Waals surface area contributed by atoms with Crippen LogP contribution in [0.2, 0.25) is 0 Å². The van der Waals surface area contributed by atoms with Crippen LogP contribution in [0.1, 0.15) is 18.4 Å². The molecule has 1 aromatic rings. The summed E-state index contributed by atoms with van der Waals surface area (Å²) >= 11 is 0. The molecule has 1 aromatic heterocycles. The SMILES string of the molecule is N#Cc1cccn(CCCCO)c1=O. The van der Waals surface area contributed by atoms with Crippen molar-refractivity contribution in [3.63, 3.8) is 0 Å². The van der Waals surface area contributed by atoms with Crippen molar-refractivity contribution in [3.8, 4) is 6.07 Å². The van der Waals surface area contributed by atoms with Gasteiger partial charge in [-0.05, 0) is 25.0 Å². The molecule has 0 bridgehead atoms. The summed E-state index contributed by atoms with van der Waals surface area (Å²) in [5.41, 5.74) is -0.0931. The van der Waals surface area contributed by atoms with Gasteiger partial charge < -0.3 is 9.67 Å². The topological polar surface area (TPSA) is 66.0 Å². The van der Waals surface area contributed by atoms with E-state index in [0.717, 1.165) is 6.42 Å². The second kappa shape index (κ2) is 5.20. The van der Waals surface area contributed by atoms with Crippen molar-refractivity contribution in [1.29, 1.82) is 5.26 Å². The number of unbranched alkanes of at least 4 members (excludes halogenated alkanes) is 1. The first-order valence-corrected chi connectivity index (χ1v) is 4.50. The number of nitrogens with zero attached hydrogens (tertiary/aromatic N) is 2. The maximum Gasteiger partial charge on any atom is 0.268 e. The van der Waals surface area contributed by atoms with E-state index in [-0.39, 0.29) is 17.7 Å². The number of aliphatic hydroxyl groups is 1. The number of aliphatic hydroxyl groups excluding tert-OH is 1. The van der Waals surface area contributed by atoms with Crippen LogP contribution in [-0.4, -0.2) is 16.3 Å². The highest BCUT2D eigenvalue weighted by Gasteiger charge is 2.00. The Hall–Kier alpha value is -1.60. The van der Waals surface area contributed by atoms with Gasteiger partial charge >= 0.3 is 0 Å². The predicted molar refractivity (Wildman–Crippen MR) is 51.7 cm³/mol. The van der Waals surface area contributed by atoms with E-state index in [1.54, 1.807) is 12.3 Å². The Morgan fingerprint density at radius 1 is 1.50 bits per heavy atom. The molecule has 0 radical (unpaired) electrons. The second-order valence-electron chi connectivity index (χ2n) is 2.96. The van der Waals surface area contributed by atoms with Gasteiger partial charge in [0.2, 0.25) is 0 Å². The zero-order chi connectivity index (χ0) is 10.4. The van der Waals surface area contributed by atoms with Gasteiger partial charge in [0.25, 0.3) is 5.56 Å². The maximum atomic E-state index is 11.5. The molecule has 0 aliphatic heterocycles. The van der Waals surface area contributed by atoms with Crippen molar-refractivity contribution in [3.05, 3.63) is 34.2 Å². The van der Waals surface area contributed by atoms with Crippen molar-refractivity contribution >= 4 is 0 Å². The van der Waals surface area contributed by atoms with Crippen molar-refractivity contribution in [2.24, 2.45) is 0 Å². The Morgan fingerprint density at radius 3 is 2.93 bits per heavy atom. The Labute approximate surface area is 82.0 Å². The van der Waals surface area contributed by atoms with Crippen LogP contribution in [0.15, 0.2) is 23.1 Å². The third-order valence-corrected chi connectivity index (χ3v) is 1.95. The molecule has 0 unspecified atom stereocenters. The number of pyridine rings is 1. The van der Waals surface area contributed by atoms with Crippen LogP contribution in [0.5, 0.6) is 0 Å². The van der Waals surface area contributed by atoms with E-state index in [1.165, 1.54) is 10.6 Å². The summed E-state index contributed by atoms with van der Waals surface area (Å²) in [4.78, 5) is 11.5. The van der Waals surface area contributed by atoms with Crippen molar-refractivity contribution < 1.29 is 5.11 Å². The van der Waals surface area contributed by atoms with E-state index in [0.29, 0.717) is 13.0 Å². The molecule has 1 heterocycles. The molecule has 0 spiro atoms. The lowest BCUT2D eigenvalue weighted by atomic mass is 10.3. The van der Waals surface area contributed by atoms with E-state index in [2.05, 4.69) is 0 Å². The highest BCUT2D eigenvalue weighted by Crippen LogP contribution is 1.94. The van der Waals surface area contributed by atoms with Gasteiger partial charge in [0.1, 0.15) is 11.6 Å². The third kappa shape index (κ3) is 2.44. The first kappa shape index (κ1) is 10.5. The number of rotatable bonds is 4. The van der Waals surface area contributed by atoms with Crippen molar-refractivity contribution in [2.45, 2.75) is 19.4 Å². The van der Waals surface area contributed by atoms with Gasteiger partial charge in [-0.15, -0.1) is 0 Å². The first-order chi connectivity index (χ1) is 6.79. The summed E-state index contributed by atoms with van der Waals surface area (Å²) in [6.45, 7) is 0.682. The van der Waals surface area contributed by atoms with Gasteiger partial charge in [-0.25, -0.2) is 0 Å². The van der Waals surface area contributed by atoms with Crippen LogP contribution in [0, 0.1) is 11.3 Å². The molecule has 0 aliphatic rings. The van der Waals surface area contributed by atoms with Crippen LogP contribution < -0.4 is 5.56 Å². The molecule has 0 fully saturated rings. The lowest BCUT2D eigenvalue weighted by Crippen LogP contribution is -2.21. The summed E-state index contributed by atoms with van der Waals surface area (Å²) in [6, 6.07) is 5.03. The molecule has 1 N–H and O–H groups in total. The largest absolute Gasteiger partial charge is 0.396 e. The Kier molecular flexibility index (Phi) is 3.89. The molecular formula is C10H12N2O2. The van der Waals surface area contributed by atoms with E-state index in [4.69, 9.17) is 10.4 Å². The fraction of sp³-hybridized carbons (Fsp3) is 0.400. The van der Waals surface area contributed by atoms with Crippen LogP contribution in [0.3, 0.4) is 0 Å². The third-order valence-electron chi connectivity index (χ3n) is 1.95. The normalized spacial score (nSPS) is 9.71. The zero-order valence-electron chi connectivity index (χ0n) is 7.81. The standard InChI is InChI=1S/C10H12N2O2/c11-8-9-4-3-6-12(10(9)14)5-1-2-7-13/h3-4,6,13H,1-2,5,7H2. The number of aromatic nitrogens is 1. The van der Waals surface area contributed by atoms with E-state index in [9.17, 15) is 4.79 Å². The van der Waals surface area contributed by atoms with Gasteiger partial charge in [0.05, 0.1) is 0 Å². The fourth-order valence-corrected chi connectivity index (χ4v) is 1.19. The van der Waals surface area contributed by atoms with Crippen LogP contribution in [0.25, 0.3) is 0 Å². The Bertz CT molecular complexity index is 390. The summed E-state index contributed by atoms with van der Waals surface area (Å²) in [7, 11) is 0. The van der Waals surface area contributed by atoms with Gasteiger partial charge in [-0.2, -0.15) is 5.26 Å². The number of hydrogen-bond acceptors (Lipinski definition) is 3. The van der Waals surface area contributed by atoms with Crippen LogP contribution >= 0.6 is 0 Å². The van der Waals surface area contributed by atoms with E-state index >= 15 is 0 Å². The minimum absolute atomic E-state index is 0.132. The van der Waals surface area contributed by atoms with Crippen LogP contribution in [-0.2, 0) is 6.54 Å². The minimum atomic E-state index is -0.257. The highest BCUT2D eigenvalue weighted by molar-refractivity contribution is 5.24. The minimum Gasteiger partial charge on any atom is -0.396 e. The lowest BCUT2D eigenvalue weighted by Gasteiger charge is -2.03. The first-order valence-electron chi connectivity index (χ1n) is 4.50. The quantitative estimate of drug-likeness (QED) is 0.706. The monoisotopic (exact) mass is 192 g/mol. The molecule has 0 saturated carbocycles. The predicted octanol–water partition coefficient (Wildman–Crippen LogP) is 0.492. The highest BCUT2D eigenvalue weighted by atomic mass is 16.2. The molecular weight excluding hydrogens is 180 g/mol. The summed E-state index contributed by atoms with van der Waals surface area (Å²) in [6.07, 6.45) is 3.06. The zero-order valence-corrected chi connectivity index (χ0v) is 7.81. The summed E-state index contributed by atoms with van der Waals surface area (Å²) in [5.74, 6) is 0. The summed E-state index contributed by atoms with van der Waals surface area (Å²) < 4.78 is 1.49. The molecule has 0 aliphatic carbocycles. The molecule has 0 saturated heterocycles. The van der Waals surface area contributed by atoms with Crippen molar-refractivity contribution in [2.75, 3.05) is 6.61 Å². The molecule has 74 valence electrons. The summed E-state index contributed by atoms with van der Waals surface area (Å²) in [5, 5.41) is 17.2. The van der Waals surface area contributed by atoms with Gasteiger partial charge in [-0.3, -0.25) is 4.79 Å². The molecule has 0 aromatic carbocycles. The number of aryl methyl sites for hydroxylation is 1. The molecule has 14 heavy (non-hydrogen) atoms. The second-order valence-corrected chi connectivity index (χ2v) is 2.96. The Balaban J connectivity index is 2.79. The lowest BCUT2D eigenvalue weighted by molar-refractivity contribution is 0.281. The average Bonchev–Trinajstić information content (AvgIpc) is 2.21. The van der Waals surface area contributed by atoms with Gasteiger partial charge in [0, 0.05) is 19.3 Å². The maximum absolute atomic E-state index is 11.5. The van der Waals surface area contributed by atoms with Gasteiger partial charge in [0.15, 0.2) is 0 Å². The molecule has 0 atom stereocenters. The average molecular weight is 192 g/mol. The molecule has 4 heteroatoms. The number of hydrogen-bond donors (Lipinski definition) is 1. The van der Waals surface area contributed by atoms with Crippen molar-refractivity contribution in [1.82, 2.24) is 4.57 Å². The molecule has 4 nitrogen and oxygen atoms in total. The molecule has 0 amide bonds. The van der Waals surface area contributed by atoms with E-state index < -0.39 is 0 Å². The van der Waals surface area contributed by atoms with Gasteiger partial charge in [-0.1, -0.05) is 0 Å². The Morgan fingerprint density at radius 2 is 2.29 bits per heavy atom. The van der Waals surface area contributed by atoms with E-state index in [1.807, 2.05) is 6.07 Å². The fourth-order valence-electron chi connectivity index (χ4n) is 1.19. The number of nitriles is 1.